The van der Waals surface area contributed by atoms with E-state index in [1.807, 2.05) is 13.8 Å². The van der Waals surface area contributed by atoms with E-state index in [0.29, 0.717) is 32.4 Å². The van der Waals surface area contributed by atoms with Crippen molar-refractivity contribution in [3.05, 3.63) is 11.6 Å². The minimum Gasteiger partial charge on any atom is -0.462 e. The van der Waals surface area contributed by atoms with Crippen LogP contribution in [0, 0.1) is 10.8 Å². The van der Waals surface area contributed by atoms with Gasteiger partial charge in [-0.2, -0.15) is 5.06 Å². The lowest BCUT2D eigenvalue weighted by molar-refractivity contribution is -0.316. The number of esters is 1. The topological polar surface area (TPSA) is 83.9 Å². The normalized spacial score (nSPS) is 32.5. The van der Waals surface area contributed by atoms with Crippen LogP contribution in [0.25, 0.3) is 0 Å². The number of ether oxygens (including phenoxy) is 3. The zero-order chi connectivity index (χ0) is 41.6. The number of aliphatic hydroxyl groups excluding tert-OH is 1. The molecule has 4 unspecified atom stereocenters. The Balaban J connectivity index is 1.38. The summed E-state index contributed by atoms with van der Waals surface area (Å²) in [6.07, 6.45) is 17.1. The molecule has 9 nitrogen and oxygen atoms in total. The van der Waals surface area contributed by atoms with Crippen LogP contribution in [-0.2, 0) is 23.8 Å². The van der Waals surface area contributed by atoms with Gasteiger partial charge in [-0.3, -0.25) is 14.5 Å². The van der Waals surface area contributed by atoms with E-state index in [-0.39, 0.29) is 40.2 Å². The molecule has 324 valence electrons. The molecule has 0 aromatic carbocycles. The number of hydroxylamine groups is 2. The molecule has 4 saturated heterocycles. The minimum absolute atomic E-state index is 0.0180. The molecule has 0 amide bonds. The molecule has 0 aromatic heterocycles. The van der Waals surface area contributed by atoms with Crippen molar-refractivity contribution in [1.29, 1.82) is 0 Å². The van der Waals surface area contributed by atoms with Gasteiger partial charge in [-0.1, -0.05) is 64.0 Å². The third-order valence-electron chi connectivity index (χ3n) is 14.0. The smallest absolute Gasteiger partial charge is 0.311 e. The van der Waals surface area contributed by atoms with Crippen LogP contribution in [0.3, 0.4) is 0 Å². The van der Waals surface area contributed by atoms with Crippen molar-refractivity contribution in [2.24, 2.45) is 10.8 Å². The Hall–Kier alpha value is -1.07. The minimum atomic E-state index is -0.770. The van der Waals surface area contributed by atoms with E-state index in [0.717, 1.165) is 51.5 Å². The van der Waals surface area contributed by atoms with Gasteiger partial charge >= 0.3 is 5.97 Å². The van der Waals surface area contributed by atoms with Crippen LogP contribution in [0.5, 0.6) is 0 Å². The first-order chi connectivity index (χ1) is 25.8. The van der Waals surface area contributed by atoms with Crippen molar-refractivity contribution in [3.63, 3.8) is 0 Å². The molecule has 4 aliphatic heterocycles. The highest BCUT2D eigenvalue weighted by Gasteiger charge is 2.67. The molecule has 1 aliphatic carbocycles. The Labute approximate surface area is 342 Å². The third kappa shape index (κ3) is 9.92. The Morgan fingerprint density at radius 3 is 1.93 bits per heavy atom. The summed E-state index contributed by atoms with van der Waals surface area (Å²) in [6.45, 7) is 32.6. The number of nitrogens with zero attached hydrogens (tertiary/aromatic N) is 3. The Morgan fingerprint density at radius 2 is 1.39 bits per heavy atom. The number of rotatable bonds is 10. The van der Waals surface area contributed by atoms with Crippen molar-refractivity contribution >= 4 is 5.97 Å². The molecule has 56 heavy (non-hydrogen) atoms. The predicted octanol–water partition coefficient (Wildman–Crippen LogP) is 10.3. The molecular formula is C47H85N3O6. The molecule has 5 aliphatic rings. The first-order valence-corrected chi connectivity index (χ1v) is 22.7. The maximum Gasteiger partial charge on any atom is 0.311 e. The van der Waals surface area contributed by atoms with E-state index in [9.17, 15) is 9.90 Å². The first-order valence-electron chi connectivity index (χ1n) is 22.7. The van der Waals surface area contributed by atoms with Gasteiger partial charge in [0, 0.05) is 55.4 Å². The average Bonchev–Trinajstić information content (AvgIpc) is 3.47. The fraction of sp³-hybridized carbons (Fsp3) is 0.936. The summed E-state index contributed by atoms with van der Waals surface area (Å²) in [6, 6.07) is 0. The van der Waals surface area contributed by atoms with Crippen molar-refractivity contribution in [1.82, 2.24) is 14.9 Å². The zero-order valence-corrected chi connectivity index (χ0v) is 38.6. The summed E-state index contributed by atoms with van der Waals surface area (Å²) in [5.41, 5.74) is -2.13. The van der Waals surface area contributed by atoms with Gasteiger partial charge in [0.2, 0.25) is 0 Å². The monoisotopic (exact) mass is 788 g/mol. The lowest BCUT2D eigenvalue weighted by Crippen LogP contribution is -2.68. The maximum absolute atomic E-state index is 13.9. The summed E-state index contributed by atoms with van der Waals surface area (Å²) < 4.78 is 21.3. The summed E-state index contributed by atoms with van der Waals surface area (Å²) in [5.74, 6) is -0.118. The molecule has 1 saturated carbocycles. The van der Waals surface area contributed by atoms with Gasteiger partial charge in [0.05, 0.1) is 18.1 Å². The number of carbonyl (C=O) groups excluding carboxylic acids is 1. The summed E-state index contributed by atoms with van der Waals surface area (Å²) in [5, 5.41) is 15.0. The fourth-order valence-corrected chi connectivity index (χ4v) is 12.5. The van der Waals surface area contributed by atoms with Crippen LogP contribution in [0.1, 0.15) is 200 Å². The Kier molecular flexibility index (Phi) is 13.8. The number of allylic oxidation sites excluding steroid dienone is 2. The second-order valence-corrected chi connectivity index (χ2v) is 22.6. The van der Waals surface area contributed by atoms with E-state index < -0.39 is 28.7 Å². The fourth-order valence-electron chi connectivity index (χ4n) is 12.5. The highest BCUT2D eigenvalue weighted by molar-refractivity contribution is 5.76. The first kappa shape index (κ1) is 46.0. The van der Waals surface area contributed by atoms with Crippen LogP contribution in [0.15, 0.2) is 11.6 Å². The van der Waals surface area contributed by atoms with Gasteiger partial charge in [0.25, 0.3) is 0 Å². The van der Waals surface area contributed by atoms with Crippen LogP contribution in [0.4, 0.5) is 0 Å². The number of hydrogen-bond donors (Lipinski definition) is 1. The van der Waals surface area contributed by atoms with Crippen LogP contribution < -0.4 is 0 Å². The molecule has 0 radical (unpaired) electrons. The van der Waals surface area contributed by atoms with E-state index >= 15 is 0 Å². The second-order valence-electron chi connectivity index (χ2n) is 22.6. The van der Waals surface area contributed by atoms with Gasteiger partial charge in [-0.05, 0) is 127 Å². The lowest BCUT2D eigenvalue weighted by atomic mass is 9.71. The molecule has 0 bridgehead atoms. The standard InChI is InChI=1S/C47H85N3O6/c1-15-53-50-43(10,11)33-46(34-44(50,12)13)38(51)48(47(56-46)25-22-20-18-16-17-19-21-23-26-47)30-37-31-49-42(8,9)28-36(29-45(49,14)55-37)54-39(52)41(6,7)32-40(4,5)27-24-35(2)3/h24,36-38,51H,15-23,25-34H2,1-14H3. The van der Waals surface area contributed by atoms with Crippen molar-refractivity contribution in [2.75, 3.05) is 19.7 Å². The predicted molar refractivity (Wildman–Crippen MR) is 226 cm³/mol. The van der Waals surface area contributed by atoms with Crippen molar-refractivity contribution in [2.45, 2.75) is 252 Å². The van der Waals surface area contributed by atoms with Crippen LogP contribution in [0.2, 0.25) is 0 Å². The van der Waals surface area contributed by atoms with Gasteiger partial charge in [0.15, 0.2) is 0 Å². The number of aliphatic hydroxyl groups is 1. The third-order valence-corrected chi connectivity index (χ3v) is 14.0. The summed E-state index contributed by atoms with van der Waals surface area (Å²) in [7, 11) is 0. The van der Waals surface area contributed by atoms with Gasteiger partial charge in [-0.15, -0.1) is 0 Å². The molecule has 4 atom stereocenters. The molecule has 5 rings (SSSR count). The number of fused-ring (bicyclic) bond motifs is 1. The van der Waals surface area contributed by atoms with Crippen LogP contribution >= 0.6 is 0 Å². The van der Waals surface area contributed by atoms with Gasteiger partial charge in [0.1, 0.15) is 29.4 Å². The highest BCUT2D eigenvalue weighted by Crippen LogP contribution is 2.56. The quantitative estimate of drug-likeness (QED) is 0.172. The van der Waals surface area contributed by atoms with E-state index in [1.165, 1.54) is 44.1 Å². The Morgan fingerprint density at radius 1 is 0.839 bits per heavy atom. The average molecular weight is 788 g/mol. The van der Waals surface area contributed by atoms with E-state index in [4.69, 9.17) is 19.0 Å². The molecule has 5 fully saturated rings. The molecule has 2 spiro atoms. The summed E-state index contributed by atoms with van der Waals surface area (Å²) >= 11 is 0. The molecule has 0 aromatic rings. The highest BCUT2D eigenvalue weighted by atomic mass is 16.7. The molecule has 4 heterocycles. The zero-order valence-electron chi connectivity index (χ0n) is 38.6. The van der Waals surface area contributed by atoms with Crippen LogP contribution in [-0.4, -0.2) is 97.7 Å². The number of piperidine rings is 2. The van der Waals surface area contributed by atoms with E-state index in [1.54, 1.807) is 0 Å². The second kappa shape index (κ2) is 16.8. The van der Waals surface area contributed by atoms with E-state index in [2.05, 4.69) is 104 Å². The van der Waals surface area contributed by atoms with Gasteiger partial charge < -0.3 is 19.3 Å². The van der Waals surface area contributed by atoms with Gasteiger partial charge in [-0.25, -0.2) is 4.90 Å². The molecule has 1 N–H and O–H groups in total. The molecular weight excluding hydrogens is 703 g/mol. The number of hydrogen-bond acceptors (Lipinski definition) is 9. The number of carbonyl (C=O) groups is 1. The van der Waals surface area contributed by atoms with Crippen molar-refractivity contribution in [3.8, 4) is 0 Å². The lowest BCUT2D eigenvalue weighted by Gasteiger charge is -2.57. The molecule has 9 heteroatoms. The SMILES string of the molecule is CCON1C(C)(C)CC2(CC1(C)C)OC1(CCCCCCCCCC1)N(CC1CN3C(C)(C)CC(OC(=O)C(C)(C)CC(C)(C)CC=C(C)C)CC3(C)O1)C2O. The largest absolute Gasteiger partial charge is 0.462 e. The van der Waals surface area contributed by atoms with Crippen molar-refractivity contribution < 1.29 is 28.9 Å². The summed E-state index contributed by atoms with van der Waals surface area (Å²) in [4.78, 5) is 25.1. The maximum atomic E-state index is 13.9. The Bertz CT molecular complexity index is 1350.